The fraction of sp³-hybridized carbons (Fsp3) is 0.267. The van der Waals surface area contributed by atoms with Crippen LogP contribution in [0.15, 0.2) is 35.6 Å². The summed E-state index contributed by atoms with van der Waals surface area (Å²) in [7, 11) is -4.02. The van der Waals surface area contributed by atoms with E-state index in [-0.39, 0.29) is 16.5 Å². The van der Waals surface area contributed by atoms with Crippen LogP contribution in [0, 0.1) is 0 Å². The van der Waals surface area contributed by atoms with E-state index in [0.29, 0.717) is 20.9 Å². The molecule has 4 N–H and O–H groups in total. The zero-order chi connectivity index (χ0) is 19.8. The van der Waals surface area contributed by atoms with Crippen LogP contribution in [0.4, 0.5) is 5.69 Å². The van der Waals surface area contributed by atoms with Gasteiger partial charge in [-0.1, -0.05) is 23.2 Å². The van der Waals surface area contributed by atoms with Crippen molar-refractivity contribution in [2.24, 2.45) is 0 Å². The highest BCUT2D eigenvalue weighted by atomic mass is 35.5. The molecule has 0 saturated heterocycles. The summed E-state index contributed by atoms with van der Waals surface area (Å²) in [5.41, 5.74) is -0.623. The van der Waals surface area contributed by atoms with Crippen LogP contribution >= 0.6 is 34.8 Å². The number of alkyl halides is 1. The predicted molar refractivity (Wildman–Crippen MR) is 104 cm³/mol. The Bertz CT molecular complexity index is 1070. The average molecular weight is 454 g/mol. The van der Waals surface area contributed by atoms with Crippen LogP contribution in [0.3, 0.4) is 0 Å². The molecule has 0 amide bonds. The smallest absolute Gasteiger partial charge is 0.265 e. The number of nitrogens with one attached hydrogen (secondary N) is 2. The Morgan fingerprint density at radius 1 is 1.22 bits per heavy atom. The molecule has 1 aromatic carbocycles. The first-order valence-electron chi connectivity index (χ1n) is 7.59. The zero-order valence-electron chi connectivity index (χ0n) is 13.7. The third kappa shape index (κ3) is 3.51. The zero-order valence-corrected chi connectivity index (χ0v) is 16.7. The Morgan fingerprint density at radius 3 is 2.56 bits per heavy atom. The Labute approximate surface area is 169 Å². The number of aromatic nitrogens is 3. The fourth-order valence-corrected chi connectivity index (χ4v) is 4.35. The number of anilines is 1. The lowest BCUT2D eigenvalue weighted by molar-refractivity contribution is 0.0707. The highest BCUT2D eigenvalue weighted by Crippen LogP contribution is 2.35. The molecule has 0 atom stereocenters. The molecule has 2 aromatic heterocycles. The van der Waals surface area contributed by atoms with Crippen molar-refractivity contribution in [1.82, 2.24) is 14.8 Å². The van der Waals surface area contributed by atoms with Crippen LogP contribution in [0.2, 0.25) is 10.0 Å². The normalized spacial score (nSPS) is 12.6. The Kier molecular flexibility index (Phi) is 5.62. The van der Waals surface area contributed by atoms with Crippen LogP contribution in [0.5, 0.6) is 0 Å². The number of hydrogen-bond donors (Lipinski definition) is 4. The van der Waals surface area contributed by atoms with Gasteiger partial charge in [-0.3, -0.25) is 9.40 Å². The summed E-state index contributed by atoms with van der Waals surface area (Å²) < 4.78 is 29.1. The number of hydrogen-bond acceptors (Lipinski definition) is 5. The van der Waals surface area contributed by atoms with E-state index in [9.17, 15) is 18.6 Å². The second-order valence-electron chi connectivity index (χ2n) is 5.88. The minimum absolute atomic E-state index is 0.159. The Balaban J connectivity index is 1.99. The number of fused-ring (bicyclic) bond motifs is 1. The second kappa shape index (κ2) is 7.50. The fourth-order valence-electron chi connectivity index (χ4n) is 2.50. The molecule has 3 rings (SSSR count). The van der Waals surface area contributed by atoms with Gasteiger partial charge in [0.2, 0.25) is 0 Å². The maximum atomic E-state index is 12.7. The number of halogens is 3. The van der Waals surface area contributed by atoms with Crippen molar-refractivity contribution < 1.29 is 18.6 Å². The largest absolute Gasteiger partial charge is 0.394 e. The van der Waals surface area contributed by atoms with Gasteiger partial charge in [0, 0.05) is 17.8 Å². The van der Waals surface area contributed by atoms with Gasteiger partial charge in [-0.2, -0.15) is 5.10 Å². The van der Waals surface area contributed by atoms with Crippen molar-refractivity contribution in [1.29, 1.82) is 0 Å². The summed E-state index contributed by atoms with van der Waals surface area (Å²) in [6.45, 7) is -1.03. The molecule has 146 valence electrons. The van der Waals surface area contributed by atoms with Crippen molar-refractivity contribution in [3.8, 4) is 0 Å². The number of nitrogens with zero attached hydrogens (tertiary/aromatic N) is 2. The van der Waals surface area contributed by atoms with Crippen molar-refractivity contribution in [2.45, 2.75) is 10.4 Å². The van der Waals surface area contributed by atoms with E-state index in [1.165, 1.54) is 24.5 Å². The van der Waals surface area contributed by atoms with E-state index in [1.54, 1.807) is 0 Å². The molecule has 27 heavy (non-hydrogen) atoms. The summed E-state index contributed by atoms with van der Waals surface area (Å²) in [5, 5.41) is 24.2. The summed E-state index contributed by atoms with van der Waals surface area (Å²) in [6, 6.07) is 3.03. The lowest BCUT2D eigenvalue weighted by atomic mass is 10.1. The predicted octanol–water partition coefficient (Wildman–Crippen LogP) is 2.39. The van der Waals surface area contributed by atoms with E-state index >= 15 is 0 Å². The Hall–Kier alpha value is -1.49. The third-order valence-corrected chi connectivity index (χ3v) is 6.60. The standard InChI is InChI=1S/C15H15Cl3N4O4S/c16-6-15(7-23,8-24)22-5-9(3-20-22)27(25,26)21-12-2-1-10(17)13-11(18)4-19-14(12)13/h1-5,19,21,23-24H,6-8H2. The molecule has 0 aliphatic heterocycles. The number of aromatic amines is 1. The van der Waals surface area contributed by atoms with Gasteiger partial charge in [0.15, 0.2) is 0 Å². The molecule has 0 unspecified atom stereocenters. The third-order valence-electron chi connectivity index (χ3n) is 4.17. The van der Waals surface area contributed by atoms with Crippen LogP contribution in [-0.2, 0) is 15.6 Å². The summed E-state index contributed by atoms with van der Waals surface area (Å²) in [4.78, 5) is 2.71. The van der Waals surface area contributed by atoms with E-state index < -0.39 is 28.8 Å². The first-order chi connectivity index (χ1) is 12.8. The van der Waals surface area contributed by atoms with Crippen LogP contribution in [0.1, 0.15) is 0 Å². The monoisotopic (exact) mass is 452 g/mol. The van der Waals surface area contributed by atoms with Gasteiger partial charge in [0.25, 0.3) is 10.0 Å². The lowest BCUT2D eigenvalue weighted by Gasteiger charge is -2.27. The number of aliphatic hydroxyl groups excluding tert-OH is 2. The Morgan fingerprint density at radius 2 is 1.93 bits per heavy atom. The molecular formula is C15H15Cl3N4O4S. The van der Waals surface area contributed by atoms with Crippen molar-refractivity contribution in [2.75, 3.05) is 23.8 Å². The molecule has 3 aromatic rings. The van der Waals surface area contributed by atoms with Crippen molar-refractivity contribution in [3.63, 3.8) is 0 Å². The number of benzene rings is 1. The van der Waals surface area contributed by atoms with Gasteiger partial charge in [-0.25, -0.2) is 8.42 Å². The molecule has 0 fully saturated rings. The first kappa shape index (κ1) is 20.2. The number of H-pyrrole nitrogens is 1. The van der Waals surface area contributed by atoms with Gasteiger partial charge in [-0.15, -0.1) is 11.6 Å². The first-order valence-corrected chi connectivity index (χ1v) is 10.4. The highest BCUT2D eigenvalue weighted by molar-refractivity contribution is 7.92. The van der Waals surface area contributed by atoms with E-state index in [4.69, 9.17) is 34.8 Å². The van der Waals surface area contributed by atoms with Gasteiger partial charge < -0.3 is 15.2 Å². The maximum Gasteiger partial charge on any atom is 0.265 e. The van der Waals surface area contributed by atoms with Crippen molar-refractivity contribution in [3.05, 3.63) is 40.8 Å². The van der Waals surface area contributed by atoms with Gasteiger partial charge in [-0.05, 0) is 12.1 Å². The maximum absolute atomic E-state index is 12.7. The topological polar surface area (TPSA) is 120 Å². The molecule has 0 aliphatic carbocycles. The van der Waals surface area contributed by atoms with Crippen molar-refractivity contribution >= 4 is 61.4 Å². The summed E-state index contributed by atoms with van der Waals surface area (Å²) in [5.74, 6) is -0.159. The van der Waals surface area contributed by atoms with Gasteiger partial charge in [0.1, 0.15) is 10.4 Å². The minimum Gasteiger partial charge on any atom is -0.394 e. The SMILES string of the molecule is O=S(=O)(Nc1ccc(Cl)c2c(Cl)c[nH]c12)c1cnn(C(CO)(CO)CCl)c1. The average Bonchev–Trinajstić information content (AvgIpc) is 3.28. The molecule has 2 heterocycles. The molecule has 0 aliphatic rings. The lowest BCUT2D eigenvalue weighted by Crippen LogP contribution is -2.43. The van der Waals surface area contributed by atoms with Crippen LogP contribution < -0.4 is 4.72 Å². The molecule has 0 radical (unpaired) electrons. The molecule has 0 saturated carbocycles. The molecular weight excluding hydrogens is 439 g/mol. The second-order valence-corrected chi connectivity index (χ2v) is 8.65. The number of rotatable bonds is 7. The number of aliphatic hydroxyl groups is 2. The van der Waals surface area contributed by atoms with E-state index in [1.807, 2.05) is 0 Å². The number of sulfonamides is 1. The molecule has 12 heteroatoms. The van der Waals surface area contributed by atoms with Crippen LogP contribution in [0.25, 0.3) is 10.9 Å². The summed E-state index contributed by atoms with van der Waals surface area (Å²) in [6.07, 6.45) is 3.79. The summed E-state index contributed by atoms with van der Waals surface area (Å²) >= 11 is 18.0. The van der Waals surface area contributed by atoms with Gasteiger partial charge >= 0.3 is 0 Å². The van der Waals surface area contributed by atoms with E-state index in [2.05, 4.69) is 14.8 Å². The van der Waals surface area contributed by atoms with E-state index in [0.717, 1.165) is 10.9 Å². The molecule has 8 nitrogen and oxygen atoms in total. The molecule has 0 bridgehead atoms. The highest BCUT2D eigenvalue weighted by Gasteiger charge is 2.32. The minimum atomic E-state index is -4.02. The quantitative estimate of drug-likeness (QED) is 0.409. The van der Waals surface area contributed by atoms with Crippen LogP contribution in [-0.4, -0.2) is 52.5 Å². The van der Waals surface area contributed by atoms with Gasteiger partial charge in [0.05, 0.1) is 46.5 Å². The molecule has 0 spiro atoms.